The molecule has 0 fully saturated rings. The first-order valence-corrected chi connectivity index (χ1v) is 5.26. The maximum Gasteiger partial charge on any atom is 0.180 e. The van der Waals surface area contributed by atoms with Crippen LogP contribution in [-0.4, -0.2) is 4.98 Å². The quantitative estimate of drug-likeness (QED) is 0.668. The highest BCUT2D eigenvalue weighted by Crippen LogP contribution is 2.25. The summed E-state index contributed by atoms with van der Waals surface area (Å²) in [5.41, 5.74) is 1.13. The summed E-state index contributed by atoms with van der Waals surface area (Å²) in [4.78, 5) is 4.22. The Morgan fingerprint density at radius 3 is 2.69 bits per heavy atom. The van der Waals surface area contributed by atoms with Gasteiger partial charge in [0.05, 0.1) is 5.69 Å². The third-order valence-electron chi connectivity index (χ3n) is 2.41. The van der Waals surface area contributed by atoms with E-state index in [-0.39, 0.29) is 0 Å². The average molecular weight is 181 g/mol. The summed E-state index contributed by atoms with van der Waals surface area (Å²) < 4.78 is 5.01. The van der Waals surface area contributed by atoms with Crippen molar-refractivity contribution in [2.24, 2.45) is 0 Å². The third-order valence-corrected chi connectivity index (χ3v) is 2.41. The lowest BCUT2D eigenvalue weighted by atomic mass is 9.94. The SMILES string of the molecule is CCCCC(CCC)c1cocn1. The van der Waals surface area contributed by atoms with Gasteiger partial charge >= 0.3 is 0 Å². The van der Waals surface area contributed by atoms with Gasteiger partial charge in [-0.3, -0.25) is 0 Å². The molecule has 0 saturated heterocycles. The Morgan fingerprint density at radius 2 is 2.15 bits per heavy atom. The van der Waals surface area contributed by atoms with Gasteiger partial charge in [0.1, 0.15) is 6.26 Å². The molecule has 0 spiro atoms. The summed E-state index contributed by atoms with van der Waals surface area (Å²) in [6.07, 6.45) is 9.57. The van der Waals surface area contributed by atoms with Crippen molar-refractivity contribution >= 4 is 0 Å². The molecule has 1 atom stereocenters. The van der Waals surface area contributed by atoms with Crippen LogP contribution in [0.25, 0.3) is 0 Å². The van der Waals surface area contributed by atoms with Crippen LogP contribution in [0, 0.1) is 0 Å². The normalized spacial score (nSPS) is 13.1. The second-order valence-corrected chi connectivity index (χ2v) is 3.54. The highest BCUT2D eigenvalue weighted by atomic mass is 16.3. The minimum atomic E-state index is 0.615. The van der Waals surface area contributed by atoms with Gasteiger partial charge in [0.2, 0.25) is 0 Å². The van der Waals surface area contributed by atoms with Gasteiger partial charge in [-0.25, -0.2) is 4.98 Å². The molecule has 0 aliphatic heterocycles. The second kappa shape index (κ2) is 5.79. The molecule has 1 heterocycles. The molecule has 2 nitrogen and oxygen atoms in total. The number of nitrogens with zero attached hydrogens (tertiary/aromatic N) is 1. The summed E-state index contributed by atoms with van der Waals surface area (Å²) in [5.74, 6) is 0.615. The van der Waals surface area contributed by atoms with Crippen LogP contribution < -0.4 is 0 Å². The van der Waals surface area contributed by atoms with Crippen molar-refractivity contribution in [3.63, 3.8) is 0 Å². The average Bonchev–Trinajstić information content (AvgIpc) is 2.65. The van der Waals surface area contributed by atoms with Crippen LogP contribution in [0.15, 0.2) is 17.1 Å². The molecule has 0 aliphatic rings. The van der Waals surface area contributed by atoms with Crippen molar-refractivity contribution in [1.82, 2.24) is 4.98 Å². The van der Waals surface area contributed by atoms with E-state index in [0.29, 0.717) is 5.92 Å². The number of rotatable bonds is 6. The largest absolute Gasteiger partial charge is 0.451 e. The Kier molecular flexibility index (Phi) is 4.58. The van der Waals surface area contributed by atoms with Gasteiger partial charge in [-0.1, -0.05) is 33.1 Å². The predicted molar refractivity (Wildman–Crippen MR) is 53.7 cm³/mol. The highest BCUT2D eigenvalue weighted by molar-refractivity contribution is 5.00. The zero-order valence-corrected chi connectivity index (χ0v) is 8.62. The van der Waals surface area contributed by atoms with Crippen LogP contribution in [0.5, 0.6) is 0 Å². The third kappa shape index (κ3) is 3.21. The van der Waals surface area contributed by atoms with Crippen LogP contribution in [0.1, 0.15) is 57.6 Å². The standard InChI is InChI=1S/C11H19NO/c1-3-5-7-10(6-4-2)11-8-13-9-12-11/h8-10H,3-7H2,1-2H3. The molecule has 13 heavy (non-hydrogen) atoms. The number of unbranched alkanes of at least 4 members (excludes halogenated alkanes) is 1. The Bertz CT molecular complexity index is 206. The minimum absolute atomic E-state index is 0.615. The van der Waals surface area contributed by atoms with E-state index in [1.807, 2.05) is 0 Å². The molecule has 0 amide bonds. The first-order valence-electron chi connectivity index (χ1n) is 5.26. The van der Waals surface area contributed by atoms with E-state index in [0.717, 1.165) is 5.69 Å². The van der Waals surface area contributed by atoms with Gasteiger partial charge in [0.15, 0.2) is 6.39 Å². The van der Waals surface area contributed by atoms with Crippen LogP contribution in [-0.2, 0) is 0 Å². The Morgan fingerprint density at radius 1 is 1.31 bits per heavy atom. The number of hydrogen-bond donors (Lipinski definition) is 0. The molecule has 0 aliphatic carbocycles. The lowest BCUT2D eigenvalue weighted by molar-refractivity contribution is 0.520. The van der Waals surface area contributed by atoms with Crippen LogP contribution in [0.2, 0.25) is 0 Å². The molecule has 0 aromatic carbocycles. The van der Waals surface area contributed by atoms with Crippen molar-refractivity contribution in [2.45, 2.75) is 51.9 Å². The summed E-state index contributed by atoms with van der Waals surface area (Å²) in [6, 6.07) is 0. The Labute approximate surface area is 80.4 Å². The van der Waals surface area contributed by atoms with Gasteiger partial charge in [-0.15, -0.1) is 0 Å². The Hall–Kier alpha value is -0.790. The van der Waals surface area contributed by atoms with E-state index in [9.17, 15) is 0 Å². The molecule has 1 aromatic heterocycles. The Balaban J connectivity index is 2.47. The molecule has 1 rings (SSSR count). The van der Waals surface area contributed by atoms with Crippen LogP contribution >= 0.6 is 0 Å². The molecule has 2 heteroatoms. The molecule has 0 saturated carbocycles. The van der Waals surface area contributed by atoms with E-state index in [1.165, 1.54) is 38.5 Å². The monoisotopic (exact) mass is 181 g/mol. The lowest BCUT2D eigenvalue weighted by Crippen LogP contribution is -1.98. The molecule has 0 bridgehead atoms. The van der Waals surface area contributed by atoms with Crippen molar-refractivity contribution in [3.05, 3.63) is 18.4 Å². The lowest BCUT2D eigenvalue weighted by Gasteiger charge is -2.11. The topological polar surface area (TPSA) is 26.0 Å². The van der Waals surface area contributed by atoms with Crippen LogP contribution in [0.3, 0.4) is 0 Å². The summed E-state index contributed by atoms with van der Waals surface area (Å²) in [5, 5.41) is 0. The van der Waals surface area contributed by atoms with Gasteiger partial charge < -0.3 is 4.42 Å². The van der Waals surface area contributed by atoms with Crippen molar-refractivity contribution in [1.29, 1.82) is 0 Å². The van der Waals surface area contributed by atoms with Gasteiger partial charge in [-0.05, 0) is 12.8 Å². The molecule has 0 radical (unpaired) electrons. The van der Waals surface area contributed by atoms with Crippen molar-refractivity contribution < 1.29 is 4.42 Å². The zero-order chi connectivity index (χ0) is 9.52. The first-order chi connectivity index (χ1) is 6.38. The smallest absolute Gasteiger partial charge is 0.180 e. The number of aromatic nitrogens is 1. The molecular weight excluding hydrogens is 162 g/mol. The zero-order valence-electron chi connectivity index (χ0n) is 8.62. The van der Waals surface area contributed by atoms with Gasteiger partial charge in [0, 0.05) is 5.92 Å². The number of hydrogen-bond acceptors (Lipinski definition) is 2. The first kappa shape index (κ1) is 10.3. The second-order valence-electron chi connectivity index (χ2n) is 3.54. The predicted octanol–water partition coefficient (Wildman–Crippen LogP) is 3.75. The van der Waals surface area contributed by atoms with Crippen LogP contribution in [0.4, 0.5) is 0 Å². The summed E-state index contributed by atoms with van der Waals surface area (Å²) in [7, 11) is 0. The molecule has 0 N–H and O–H groups in total. The highest BCUT2D eigenvalue weighted by Gasteiger charge is 2.12. The van der Waals surface area contributed by atoms with Gasteiger partial charge in [-0.2, -0.15) is 0 Å². The molecule has 74 valence electrons. The van der Waals surface area contributed by atoms with E-state index in [2.05, 4.69) is 18.8 Å². The van der Waals surface area contributed by atoms with E-state index >= 15 is 0 Å². The van der Waals surface area contributed by atoms with E-state index in [1.54, 1.807) is 6.26 Å². The summed E-state index contributed by atoms with van der Waals surface area (Å²) in [6.45, 7) is 4.45. The van der Waals surface area contributed by atoms with Crippen molar-refractivity contribution in [3.8, 4) is 0 Å². The molecule has 1 aromatic rings. The van der Waals surface area contributed by atoms with Gasteiger partial charge in [0.25, 0.3) is 0 Å². The molecule has 1 unspecified atom stereocenters. The summed E-state index contributed by atoms with van der Waals surface area (Å²) >= 11 is 0. The fourth-order valence-electron chi connectivity index (χ4n) is 1.66. The van der Waals surface area contributed by atoms with Crippen molar-refractivity contribution in [2.75, 3.05) is 0 Å². The fraction of sp³-hybridized carbons (Fsp3) is 0.727. The number of oxazole rings is 1. The maximum absolute atomic E-state index is 5.01. The van der Waals surface area contributed by atoms with E-state index in [4.69, 9.17) is 4.42 Å². The minimum Gasteiger partial charge on any atom is -0.451 e. The maximum atomic E-state index is 5.01. The fourth-order valence-corrected chi connectivity index (χ4v) is 1.66. The van der Waals surface area contributed by atoms with E-state index < -0.39 is 0 Å². The molecular formula is C11H19NO.